The zero-order valence-electron chi connectivity index (χ0n) is 9.12. The number of hydrogen-bond acceptors (Lipinski definition) is 5. The van der Waals surface area contributed by atoms with E-state index in [2.05, 4.69) is 5.32 Å². The topological polar surface area (TPSA) is 98.3 Å². The van der Waals surface area contributed by atoms with Crippen molar-refractivity contribution in [1.82, 2.24) is 0 Å². The fraction of sp³-hybridized carbons (Fsp3) is 0. The number of thiophene rings is 1. The molecule has 18 heavy (non-hydrogen) atoms. The van der Waals surface area contributed by atoms with Crippen LogP contribution in [-0.4, -0.2) is 10.8 Å². The molecule has 0 atom stereocenters. The Labute approximate surface area is 106 Å². The summed E-state index contributed by atoms with van der Waals surface area (Å²) in [4.78, 5) is 21.9. The third-order valence-electron chi connectivity index (χ3n) is 2.25. The van der Waals surface area contributed by atoms with Crippen LogP contribution in [0.25, 0.3) is 0 Å². The van der Waals surface area contributed by atoms with Crippen LogP contribution in [0.15, 0.2) is 35.7 Å². The Kier molecular flexibility index (Phi) is 3.24. The summed E-state index contributed by atoms with van der Waals surface area (Å²) in [6.45, 7) is 0. The van der Waals surface area contributed by atoms with Crippen molar-refractivity contribution >= 4 is 33.6 Å². The number of amides is 1. The van der Waals surface area contributed by atoms with Crippen molar-refractivity contribution in [1.29, 1.82) is 0 Å². The van der Waals surface area contributed by atoms with Crippen LogP contribution in [0.5, 0.6) is 0 Å². The number of hydrogen-bond donors (Lipinski definition) is 2. The van der Waals surface area contributed by atoms with E-state index < -0.39 is 4.92 Å². The van der Waals surface area contributed by atoms with Gasteiger partial charge in [-0.2, -0.15) is 0 Å². The Morgan fingerprint density at radius 2 is 2.17 bits per heavy atom. The van der Waals surface area contributed by atoms with Crippen LogP contribution in [0.2, 0.25) is 0 Å². The molecule has 0 saturated carbocycles. The Hall–Kier alpha value is -2.41. The average Bonchev–Trinajstić information content (AvgIpc) is 2.76. The molecule has 0 radical (unpaired) electrons. The molecule has 0 saturated heterocycles. The molecule has 0 aliphatic rings. The highest BCUT2D eigenvalue weighted by Gasteiger charge is 2.12. The highest BCUT2D eigenvalue weighted by atomic mass is 32.1. The van der Waals surface area contributed by atoms with E-state index >= 15 is 0 Å². The number of nitro benzene ring substituents is 1. The maximum atomic E-state index is 11.8. The number of carbonyl (C=O) groups excluding carboxylic acids is 1. The van der Waals surface area contributed by atoms with E-state index in [1.807, 2.05) is 0 Å². The van der Waals surface area contributed by atoms with Crippen LogP contribution in [0.4, 0.5) is 16.4 Å². The van der Waals surface area contributed by atoms with Crippen molar-refractivity contribution in [2.45, 2.75) is 0 Å². The van der Waals surface area contributed by atoms with Crippen molar-refractivity contribution in [2.75, 3.05) is 11.1 Å². The molecule has 0 aliphatic heterocycles. The van der Waals surface area contributed by atoms with Crippen molar-refractivity contribution in [2.24, 2.45) is 0 Å². The first kappa shape index (κ1) is 12.1. The summed E-state index contributed by atoms with van der Waals surface area (Å²) in [5.74, 6) is -0.380. The molecule has 2 aromatic rings. The lowest BCUT2D eigenvalue weighted by Gasteiger charge is -2.04. The highest BCUT2D eigenvalue weighted by Crippen LogP contribution is 2.22. The number of carbonyl (C=O) groups is 1. The first-order valence-electron chi connectivity index (χ1n) is 4.96. The molecule has 0 aliphatic carbocycles. The summed E-state index contributed by atoms with van der Waals surface area (Å²) in [5, 5.41) is 15.3. The van der Waals surface area contributed by atoms with Gasteiger partial charge in [0.25, 0.3) is 11.6 Å². The minimum absolute atomic E-state index is 0.0777. The number of non-ortho nitro benzene ring substituents is 1. The summed E-state index contributed by atoms with van der Waals surface area (Å²) in [5.41, 5.74) is 6.27. The number of nitro groups is 1. The molecule has 2 rings (SSSR count). The fourth-order valence-electron chi connectivity index (χ4n) is 1.40. The largest absolute Gasteiger partial charge is 0.390 e. The number of benzene rings is 1. The van der Waals surface area contributed by atoms with Gasteiger partial charge in [0.15, 0.2) is 0 Å². The summed E-state index contributed by atoms with van der Waals surface area (Å²) in [7, 11) is 0. The molecule has 0 fully saturated rings. The number of nitrogens with two attached hydrogens (primary N) is 1. The average molecular weight is 263 g/mol. The molecule has 1 aromatic heterocycles. The zero-order chi connectivity index (χ0) is 13.1. The Balaban J connectivity index is 2.20. The van der Waals surface area contributed by atoms with E-state index in [1.165, 1.54) is 29.5 Å². The standard InChI is InChI=1S/C11H9N3O3S/c12-10-9(4-5-18-10)11(15)13-7-2-1-3-8(6-7)14(16)17/h1-6H,12H2,(H,13,15). The number of nitrogens with one attached hydrogen (secondary N) is 1. The van der Waals surface area contributed by atoms with Gasteiger partial charge in [-0.1, -0.05) is 6.07 Å². The smallest absolute Gasteiger partial charge is 0.271 e. The van der Waals surface area contributed by atoms with E-state index in [0.717, 1.165) is 0 Å². The minimum atomic E-state index is -0.519. The van der Waals surface area contributed by atoms with Crippen LogP contribution in [-0.2, 0) is 0 Å². The zero-order valence-corrected chi connectivity index (χ0v) is 9.94. The lowest BCUT2D eigenvalue weighted by atomic mass is 10.2. The van der Waals surface area contributed by atoms with Gasteiger partial charge in [0, 0.05) is 17.8 Å². The van der Waals surface area contributed by atoms with Gasteiger partial charge < -0.3 is 11.1 Å². The van der Waals surface area contributed by atoms with Gasteiger partial charge in [0.1, 0.15) is 0 Å². The second-order valence-corrected chi connectivity index (χ2v) is 4.41. The van der Waals surface area contributed by atoms with Gasteiger partial charge in [-0.05, 0) is 17.5 Å². The van der Waals surface area contributed by atoms with Crippen LogP contribution in [0.1, 0.15) is 10.4 Å². The van der Waals surface area contributed by atoms with E-state index in [0.29, 0.717) is 16.3 Å². The van der Waals surface area contributed by atoms with E-state index in [1.54, 1.807) is 17.5 Å². The molecule has 0 unspecified atom stereocenters. The number of anilines is 2. The molecular weight excluding hydrogens is 254 g/mol. The lowest BCUT2D eigenvalue weighted by Crippen LogP contribution is -2.12. The maximum absolute atomic E-state index is 11.8. The third kappa shape index (κ3) is 2.46. The normalized spacial score (nSPS) is 10.0. The Morgan fingerprint density at radius 3 is 2.78 bits per heavy atom. The second kappa shape index (κ2) is 4.84. The van der Waals surface area contributed by atoms with E-state index in [4.69, 9.17) is 5.73 Å². The monoisotopic (exact) mass is 263 g/mol. The van der Waals surface area contributed by atoms with Gasteiger partial charge >= 0.3 is 0 Å². The number of nitrogens with zero attached hydrogens (tertiary/aromatic N) is 1. The summed E-state index contributed by atoms with van der Waals surface area (Å²) in [6.07, 6.45) is 0. The maximum Gasteiger partial charge on any atom is 0.271 e. The molecule has 1 heterocycles. The Bertz CT molecular complexity index is 609. The van der Waals surface area contributed by atoms with Gasteiger partial charge in [-0.25, -0.2) is 0 Å². The summed E-state index contributed by atoms with van der Waals surface area (Å²) < 4.78 is 0. The van der Waals surface area contributed by atoms with Crippen molar-refractivity contribution < 1.29 is 9.72 Å². The lowest BCUT2D eigenvalue weighted by molar-refractivity contribution is -0.384. The van der Waals surface area contributed by atoms with Gasteiger partial charge in [-0.15, -0.1) is 11.3 Å². The first-order valence-corrected chi connectivity index (χ1v) is 5.84. The molecule has 6 nitrogen and oxygen atoms in total. The van der Waals surface area contributed by atoms with Crippen LogP contribution in [0, 0.1) is 10.1 Å². The molecule has 7 heteroatoms. The van der Waals surface area contributed by atoms with Crippen LogP contribution >= 0.6 is 11.3 Å². The molecule has 92 valence electrons. The van der Waals surface area contributed by atoms with Crippen LogP contribution < -0.4 is 11.1 Å². The van der Waals surface area contributed by atoms with E-state index in [9.17, 15) is 14.9 Å². The highest BCUT2D eigenvalue weighted by molar-refractivity contribution is 7.14. The van der Waals surface area contributed by atoms with Gasteiger partial charge in [0.05, 0.1) is 15.5 Å². The van der Waals surface area contributed by atoms with Gasteiger partial charge in [-0.3, -0.25) is 14.9 Å². The summed E-state index contributed by atoms with van der Waals surface area (Å²) in [6, 6.07) is 7.33. The predicted molar refractivity (Wildman–Crippen MR) is 69.8 cm³/mol. The molecule has 1 amide bonds. The van der Waals surface area contributed by atoms with Crippen LogP contribution in [0.3, 0.4) is 0 Å². The van der Waals surface area contributed by atoms with Crippen molar-refractivity contribution in [3.05, 3.63) is 51.4 Å². The van der Waals surface area contributed by atoms with E-state index in [-0.39, 0.29) is 11.6 Å². The van der Waals surface area contributed by atoms with Crippen molar-refractivity contribution in [3.63, 3.8) is 0 Å². The number of rotatable bonds is 3. The predicted octanol–water partition coefficient (Wildman–Crippen LogP) is 2.49. The number of nitrogen functional groups attached to an aromatic ring is 1. The fourth-order valence-corrected chi connectivity index (χ4v) is 2.04. The molecule has 0 spiro atoms. The first-order chi connectivity index (χ1) is 8.58. The molecule has 3 N–H and O–H groups in total. The molecule has 1 aromatic carbocycles. The van der Waals surface area contributed by atoms with Gasteiger partial charge in [0.2, 0.25) is 0 Å². The van der Waals surface area contributed by atoms with Crippen molar-refractivity contribution in [3.8, 4) is 0 Å². The molecular formula is C11H9N3O3S. The quantitative estimate of drug-likeness (QED) is 0.656. The minimum Gasteiger partial charge on any atom is -0.390 e. The second-order valence-electron chi connectivity index (χ2n) is 3.46. The Morgan fingerprint density at radius 1 is 1.39 bits per heavy atom. The summed E-state index contributed by atoms with van der Waals surface area (Å²) >= 11 is 1.26. The molecule has 0 bridgehead atoms. The SMILES string of the molecule is Nc1sccc1C(=O)Nc1cccc([N+](=O)[O-])c1. The third-order valence-corrected chi connectivity index (χ3v) is 3.00.